The zero-order valence-electron chi connectivity index (χ0n) is 15.7. The first-order valence-corrected chi connectivity index (χ1v) is 10.6. The summed E-state index contributed by atoms with van der Waals surface area (Å²) in [6.07, 6.45) is 0. The van der Waals surface area contributed by atoms with Crippen LogP contribution in [0.4, 0.5) is 5.69 Å². The fourth-order valence-electron chi connectivity index (χ4n) is 3.22. The third-order valence-corrected chi connectivity index (χ3v) is 6.81. The maximum Gasteiger partial charge on any atom is 0.273 e. The molecule has 1 aliphatic rings. The normalized spacial score (nSPS) is 16.0. The monoisotopic (exact) mass is 406 g/mol. The summed E-state index contributed by atoms with van der Waals surface area (Å²) >= 11 is 0. The molecule has 2 aromatic carbocycles. The highest BCUT2D eigenvalue weighted by Crippen LogP contribution is 2.24. The Labute approximate surface area is 164 Å². The fourth-order valence-corrected chi connectivity index (χ4v) is 4.68. The van der Waals surface area contributed by atoms with E-state index < -0.39 is 14.9 Å². The number of piperazine rings is 1. The van der Waals surface area contributed by atoms with E-state index in [4.69, 9.17) is 4.74 Å². The van der Waals surface area contributed by atoms with Gasteiger partial charge >= 0.3 is 0 Å². The lowest BCUT2D eigenvalue weighted by Gasteiger charge is -2.31. The molecule has 3 rings (SSSR count). The van der Waals surface area contributed by atoms with Crippen LogP contribution in [0.5, 0.6) is 5.75 Å². The third kappa shape index (κ3) is 4.67. The van der Waals surface area contributed by atoms with Gasteiger partial charge in [0.15, 0.2) is 0 Å². The van der Waals surface area contributed by atoms with Gasteiger partial charge in [0.25, 0.3) is 5.69 Å². The van der Waals surface area contributed by atoms with Crippen LogP contribution in [0.25, 0.3) is 0 Å². The second kappa shape index (κ2) is 8.68. The van der Waals surface area contributed by atoms with E-state index >= 15 is 0 Å². The van der Waals surface area contributed by atoms with Crippen LogP contribution in [0, 0.1) is 17.0 Å². The Balaban J connectivity index is 1.56. The van der Waals surface area contributed by atoms with Gasteiger partial charge in [0, 0.05) is 11.6 Å². The van der Waals surface area contributed by atoms with Gasteiger partial charge in [-0.3, -0.25) is 10.1 Å². The molecule has 1 heterocycles. The number of para-hydroxylation sites is 1. The molecule has 1 saturated heterocycles. The number of rotatable bonds is 7. The van der Waals surface area contributed by atoms with E-state index in [-0.39, 0.29) is 10.6 Å². The van der Waals surface area contributed by atoms with Crippen LogP contribution in [-0.2, 0) is 10.0 Å². The highest BCUT2D eigenvalue weighted by atomic mass is 32.2. The smallest absolute Gasteiger partial charge is 0.273 e. The Morgan fingerprint density at radius 1 is 1.14 bits per heavy atom. The van der Waals surface area contributed by atoms with Crippen molar-refractivity contribution >= 4 is 15.7 Å². The second-order valence-corrected chi connectivity index (χ2v) is 8.71. The topological polar surface area (TPSA) is 94.2 Å². The van der Waals surface area contributed by atoms with Crippen LogP contribution in [0.3, 0.4) is 0 Å². The number of aryl methyl sites for hydroxylation is 1. The molecule has 150 valence electrons. The van der Waals surface area contributed by atoms with Gasteiger partial charge in [-0.2, -0.15) is 4.31 Å². The average Bonchev–Trinajstić information content (AvgIpc) is 2.69. The van der Waals surface area contributed by atoms with Crippen LogP contribution >= 0.6 is 0 Å². The summed E-state index contributed by atoms with van der Waals surface area (Å²) in [4.78, 5) is 11.8. The molecule has 1 fully saturated rings. The largest absolute Gasteiger partial charge is 0.488 e. The molecule has 1 N–H and O–H groups in total. The minimum absolute atomic E-state index is 0.0272. The van der Waals surface area contributed by atoms with Gasteiger partial charge in [0.1, 0.15) is 18.9 Å². The molecule has 0 spiro atoms. The number of nitrogens with zero attached hydrogens (tertiary/aromatic N) is 2. The van der Waals surface area contributed by atoms with Crippen LogP contribution in [-0.4, -0.2) is 57.0 Å². The highest BCUT2D eigenvalue weighted by molar-refractivity contribution is 7.89. The highest BCUT2D eigenvalue weighted by Gasteiger charge is 2.31. The van der Waals surface area contributed by atoms with Gasteiger partial charge in [-0.05, 0) is 25.1 Å². The molecule has 9 heteroatoms. The molecule has 2 aromatic rings. The molecule has 0 amide bonds. The second-order valence-electron chi connectivity index (χ2n) is 6.77. The summed E-state index contributed by atoms with van der Waals surface area (Å²) in [5, 5.41) is 11.1. The zero-order valence-corrected chi connectivity index (χ0v) is 16.5. The van der Waals surface area contributed by atoms with E-state index in [2.05, 4.69) is 0 Å². The number of hydrogen-bond donors (Lipinski definition) is 1. The van der Waals surface area contributed by atoms with Crippen molar-refractivity contribution in [1.82, 2.24) is 4.31 Å². The summed E-state index contributed by atoms with van der Waals surface area (Å²) in [5.41, 5.74) is 0.264. The summed E-state index contributed by atoms with van der Waals surface area (Å²) < 4.78 is 32.8. The standard InChI is InChI=1S/C19H23N3O5S/c1-16-7-8-18(15-19(16)22(23)24)28(25,26)21-11-9-20(10-12-21)13-14-27-17-5-3-2-4-6-17/h2-8,15H,9-14H2,1H3/p+1. The minimum Gasteiger partial charge on any atom is -0.488 e. The summed E-state index contributed by atoms with van der Waals surface area (Å²) in [5.74, 6) is 0.823. The molecule has 28 heavy (non-hydrogen) atoms. The molecule has 0 atom stereocenters. The fraction of sp³-hybridized carbons (Fsp3) is 0.368. The maximum absolute atomic E-state index is 12.8. The van der Waals surface area contributed by atoms with Crippen molar-refractivity contribution < 1.29 is 23.0 Å². The van der Waals surface area contributed by atoms with Gasteiger partial charge in [-0.25, -0.2) is 8.42 Å². The van der Waals surface area contributed by atoms with Gasteiger partial charge in [0.05, 0.1) is 36.0 Å². The Morgan fingerprint density at radius 2 is 1.82 bits per heavy atom. The van der Waals surface area contributed by atoms with Crippen LogP contribution in [0.2, 0.25) is 0 Å². The van der Waals surface area contributed by atoms with Crippen LogP contribution in [0.1, 0.15) is 5.56 Å². The lowest BCUT2D eigenvalue weighted by molar-refractivity contribution is -0.903. The molecule has 0 radical (unpaired) electrons. The van der Waals surface area contributed by atoms with Crippen molar-refractivity contribution in [2.24, 2.45) is 0 Å². The average molecular weight is 406 g/mol. The number of nitro groups is 1. The number of hydrogen-bond acceptors (Lipinski definition) is 5. The van der Waals surface area contributed by atoms with E-state index in [1.807, 2.05) is 30.3 Å². The van der Waals surface area contributed by atoms with Gasteiger partial charge in [-0.1, -0.05) is 24.3 Å². The summed E-state index contributed by atoms with van der Waals surface area (Å²) in [7, 11) is -3.74. The molecule has 0 bridgehead atoms. The van der Waals surface area contributed by atoms with Gasteiger partial charge in [-0.15, -0.1) is 0 Å². The molecule has 0 aromatic heterocycles. The third-order valence-electron chi connectivity index (χ3n) is 4.91. The van der Waals surface area contributed by atoms with E-state index in [1.165, 1.54) is 21.3 Å². The minimum atomic E-state index is -3.74. The molecule has 0 saturated carbocycles. The quantitative estimate of drug-likeness (QED) is 0.544. The molecular weight excluding hydrogens is 382 g/mol. The molecule has 0 unspecified atom stereocenters. The van der Waals surface area contributed by atoms with E-state index in [0.717, 1.165) is 18.4 Å². The van der Waals surface area contributed by atoms with Crippen molar-refractivity contribution in [3.8, 4) is 5.75 Å². The Morgan fingerprint density at radius 3 is 2.46 bits per heavy atom. The van der Waals surface area contributed by atoms with Crippen molar-refractivity contribution in [2.45, 2.75) is 11.8 Å². The van der Waals surface area contributed by atoms with E-state index in [1.54, 1.807) is 6.92 Å². The lowest BCUT2D eigenvalue weighted by Crippen LogP contribution is -3.15. The number of quaternary nitrogens is 1. The Hall–Kier alpha value is -2.49. The van der Waals surface area contributed by atoms with Crippen LogP contribution < -0.4 is 9.64 Å². The number of nitro benzene ring substituents is 1. The summed E-state index contributed by atoms with van der Waals surface area (Å²) in [6, 6.07) is 13.6. The molecule has 8 nitrogen and oxygen atoms in total. The lowest BCUT2D eigenvalue weighted by atomic mass is 10.2. The Kier molecular flexibility index (Phi) is 6.28. The molecule has 1 aliphatic heterocycles. The zero-order chi connectivity index (χ0) is 20.1. The number of sulfonamides is 1. The Bertz CT molecular complexity index is 926. The van der Waals surface area contributed by atoms with Gasteiger partial charge < -0.3 is 9.64 Å². The predicted octanol–water partition coefficient (Wildman–Crippen LogP) is 0.871. The predicted molar refractivity (Wildman–Crippen MR) is 104 cm³/mol. The summed E-state index contributed by atoms with van der Waals surface area (Å²) in [6.45, 7) is 5.05. The van der Waals surface area contributed by atoms with Crippen LogP contribution in [0.15, 0.2) is 53.4 Å². The van der Waals surface area contributed by atoms with Gasteiger partial charge in [0.2, 0.25) is 10.0 Å². The molecular formula is C19H24N3O5S+. The number of benzene rings is 2. The van der Waals surface area contributed by atoms with Crippen molar-refractivity contribution in [3.05, 3.63) is 64.2 Å². The first-order valence-electron chi connectivity index (χ1n) is 9.14. The maximum atomic E-state index is 12.8. The number of nitrogens with one attached hydrogen (secondary N) is 1. The van der Waals surface area contributed by atoms with E-state index in [9.17, 15) is 18.5 Å². The molecule has 0 aliphatic carbocycles. The van der Waals surface area contributed by atoms with Crippen molar-refractivity contribution in [2.75, 3.05) is 39.3 Å². The SMILES string of the molecule is Cc1ccc(S(=O)(=O)N2CC[NH+](CCOc3ccccc3)CC2)cc1[N+](=O)[O-]. The van der Waals surface area contributed by atoms with Crippen molar-refractivity contribution in [1.29, 1.82) is 0 Å². The first kappa shape index (κ1) is 20.2. The van der Waals surface area contributed by atoms with E-state index in [0.29, 0.717) is 38.3 Å². The first-order chi connectivity index (χ1) is 13.4. The number of ether oxygens (including phenoxy) is 1. The van der Waals surface area contributed by atoms with Crippen molar-refractivity contribution in [3.63, 3.8) is 0 Å².